The maximum Gasteiger partial charge on any atom is 0.0794 e. The van der Waals surface area contributed by atoms with Gasteiger partial charge in [-0.25, -0.2) is 0 Å². The maximum atomic E-state index is 10.1. The second kappa shape index (κ2) is 4.67. The van der Waals surface area contributed by atoms with Gasteiger partial charge in [-0.05, 0) is 32.8 Å². The lowest BCUT2D eigenvalue weighted by molar-refractivity contribution is 0.0447. The van der Waals surface area contributed by atoms with Gasteiger partial charge >= 0.3 is 0 Å². The third-order valence-corrected chi connectivity index (χ3v) is 3.40. The molecule has 3 nitrogen and oxygen atoms in total. The first-order chi connectivity index (χ1) is 7.99. The van der Waals surface area contributed by atoms with Crippen molar-refractivity contribution in [1.82, 2.24) is 0 Å². The third-order valence-electron chi connectivity index (χ3n) is 3.40. The molecule has 1 saturated heterocycles. The summed E-state index contributed by atoms with van der Waals surface area (Å²) in [5.41, 5.74) is 1.36. The van der Waals surface area contributed by atoms with Crippen LogP contribution in [0.25, 0.3) is 0 Å². The Morgan fingerprint density at radius 2 is 2.06 bits per heavy atom. The Morgan fingerprint density at radius 1 is 1.35 bits per heavy atom. The highest BCUT2D eigenvalue weighted by Gasteiger charge is 2.29. The van der Waals surface area contributed by atoms with Crippen LogP contribution in [0.2, 0.25) is 0 Å². The predicted octanol–water partition coefficient (Wildman–Crippen LogP) is 2.09. The molecular weight excluding hydrogens is 214 g/mol. The minimum Gasteiger partial charge on any atom is -0.389 e. The van der Waals surface area contributed by atoms with E-state index in [4.69, 9.17) is 0 Å². The molecule has 2 rings (SSSR count). The summed E-state index contributed by atoms with van der Waals surface area (Å²) in [6.45, 7) is 5.24. The number of hydrogen-bond donors (Lipinski definition) is 2. The van der Waals surface area contributed by atoms with Crippen molar-refractivity contribution in [2.24, 2.45) is 0 Å². The van der Waals surface area contributed by atoms with Gasteiger partial charge in [-0.1, -0.05) is 18.2 Å². The van der Waals surface area contributed by atoms with E-state index in [-0.39, 0.29) is 0 Å². The van der Waals surface area contributed by atoms with Crippen LogP contribution < -0.4 is 4.90 Å². The van der Waals surface area contributed by atoms with Gasteiger partial charge < -0.3 is 15.1 Å². The monoisotopic (exact) mass is 235 g/mol. The van der Waals surface area contributed by atoms with Crippen LogP contribution in [-0.4, -0.2) is 28.9 Å². The van der Waals surface area contributed by atoms with E-state index in [9.17, 15) is 10.2 Å². The van der Waals surface area contributed by atoms with Crippen LogP contribution in [-0.2, 0) is 0 Å². The largest absolute Gasteiger partial charge is 0.389 e. The van der Waals surface area contributed by atoms with E-state index in [1.165, 1.54) is 0 Å². The van der Waals surface area contributed by atoms with E-state index in [0.717, 1.165) is 30.6 Å². The highest BCUT2D eigenvalue weighted by molar-refractivity contribution is 5.55. The van der Waals surface area contributed by atoms with Crippen molar-refractivity contribution in [3.63, 3.8) is 0 Å². The molecule has 1 aliphatic rings. The summed E-state index contributed by atoms with van der Waals surface area (Å²) in [6, 6.07) is 7.88. The summed E-state index contributed by atoms with van der Waals surface area (Å²) in [5.74, 6) is 0. The number of benzene rings is 1. The molecule has 0 spiro atoms. The quantitative estimate of drug-likeness (QED) is 0.825. The van der Waals surface area contributed by atoms with Crippen molar-refractivity contribution < 1.29 is 10.2 Å². The van der Waals surface area contributed by atoms with Gasteiger partial charge in [-0.2, -0.15) is 0 Å². The molecule has 1 aromatic rings. The van der Waals surface area contributed by atoms with Crippen LogP contribution in [0.3, 0.4) is 0 Å². The van der Waals surface area contributed by atoms with Gasteiger partial charge in [0.15, 0.2) is 0 Å². The van der Waals surface area contributed by atoms with E-state index in [0.29, 0.717) is 6.54 Å². The molecule has 2 unspecified atom stereocenters. The second-order valence-corrected chi connectivity index (χ2v) is 5.26. The van der Waals surface area contributed by atoms with Gasteiger partial charge in [0.05, 0.1) is 11.7 Å². The highest BCUT2D eigenvalue weighted by Crippen LogP contribution is 2.30. The number of hydrogen-bond acceptors (Lipinski definition) is 3. The first-order valence-electron chi connectivity index (χ1n) is 6.24. The fourth-order valence-corrected chi connectivity index (χ4v) is 2.55. The number of β-amino-alcohol motifs (C(OH)–C–C–N with tert-alkyl or cyclic N) is 1. The van der Waals surface area contributed by atoms with E-state index >= 15 is 0 Å². The summed E-state index contributed by atoms with van der Waals surface area (Å²) in [4.78, 5) is 2.17. The zero-order valence-corrected chi connectivity index (χ0v) is 10.6. The van der Waals surface area contributed by atoms with Gasteiger partial charge in [-0.15, -0.1) is 0 Å². The summed E-state index contributed by atoms with van der Waals surface area (Å²) in [6.07, 6.45) is 1.36. The molecule has 0 aliphatic carbocycles. The number of piperidine rings is 1. The van der Waals surface area contributed by atoms with E-state index in [1.54, 1.807) is 6.92 Å². The molecule has 3 heteroatoms. The second-order valence-electron chi connectivity index (χ2n) is 5.26. The van der Waals surface area contributed by atoms with Crippen molar-refractivity contribution >= 4 is 5.69 Å². The number of para-hydroxylation sites is 1. The Bertz CT molecular complexity index is 388. The minimum absolute atomic E-state index is 0.474. The van der Waals surface area contributed by atoms with Crippen molar-refractivity contribution in [3.05, 3.63) is 29.8 Å². The Hall–Kier alpha value is -1.06. The molecular formula is C14H21NO2. The molecule has 0 bridgehead atoms. The maximum absolute atomic E-state index is 10.1. The van der Waals surface area contributed by atoms with Crippen LogP contribution in [0, 0.1) is 0 Å². The van der Waals surface area contributed by atoms with Crippen molar-refractivity contribution in [2.45, 2.75) is 38.4 Å². The number of nitrogens with zero attached hydrogens (tertiary/aromatic N) is 1. The molecule has 1 fully saturated rings. The molecule has 1 aromatic carbocycles. The lowest BCUT2D eigenvalue weighted by Crippen LogP contribution is -2.46. The molecule has 17 heavy (non-hydrogen) atoms. The van der Waals surface area contributed by atoms with Gasteiger partial charge in [-0.3, -0.25) is 0 Å². The topological polar surface area (TPSA) is 43.7 Å². The standard InChI is InChI=1S/C14H21NO2/c1-11(16)12-6-3-4-7-13(12)15-9-5-8-14(2,17)10-15/h3-4,6-7,11,16-17H,5,8-10H2,1-2H3. The molecule has 0 radical (unpaired) electrons. The fraction of sp³-hybridized carbons (Fsp3) is 0.571. The molecule has 2 atom stereocenters. The third kappa shape index (κ3) is 2.79. The Balaban J connectivity index is 2.27. The van der Waals surface area contributed by atoms with E-state index < -0.39 is 11.7 Å². The Labute approximate surface area is 103 Å². The van der Waals surface area contributed by atoms with Gasteiger partial charge in [0.1, 0.15) is 0 Å². The van der Waals surface area contributed by atoms with Crippen molar-refractivity contribution in [2.75, 3.05) is 18.0 Å². The summed E-state index contributed by atoms with van der Waals surface area (Å²) in [7, 11) is 0. The van der Waals surface area contributed by atoms with Crippen LogP contribution in [0.1, 0.15) is 38.4 Å². The Kier molecular flexibility index (Phi) is 3.40. The minimum atomic E-state index is -0.621. The number of aliphatic hydroxyl groups excluding tert-OH is 1. The van der Waals surface area contributed by atoms with Crippen LogP contribution in [0.4, 0.5) is 5.69 Å². The summed E-state index contributed by atoms with van der Waals surface area (Å²) in [5, 5.41) is 19.9. The van der Waals surface area contributed by atoms with Crippen LogP contribution in [0.5, 0.6) is 0 Å². The van der Waals surface area contributed by atoms with Gasteiger partial charge in [0, 0.05) is 24.3 Å². The van der Waals surface area contributed by atoms with Crippen LogP contribution >= 0.6 is 0 Å². The average molecular weight is 235 g/mol. The lowest BCUT2D eigenvalue weighted by atomic mass is 9.94. The summed E-state index contributed by atoms with van der Waals surface area (Å²) < 4.78 is 0. The SMILES string of the molecule is CC(O)c1ccccc1N1CCCC(C)(O)C1. The average Bonchev–Trinajstić information content (AvgIpc) is 2.27. The lowest BCUT2D eigenvalue weighted by Gasteiger charge is -2.39. The molecule has 94 valence electrons. The highest BCUT2D eigenvalue weighted by atomic mass is 16.3. The van der Waals surface area contributed by atoms with Gasteiger partial charge in [0.2, 0.25) is 0 Å². The molecule has 0 aromatic heterocycles. The van der Waals surface area contributed by atoms with E-state index in [2.05, 4.69) is 4.90 Å². The van der Waals surface area contributed by atoms with E-state index in [1.807, 2.05) is 31.2 Å². The van der Waals surface area contributed by atoms with Crippen molar-refractivity contribution in [3.8, 4) is 0 Å². The fourth-order valence-electron chi connectivity index (χ4n) is 2.55. The molecule has 2 N–H and O–H groups in total. The molecule has 1 heterocycles. The van der Waals surface area contributed by atoms with Crippen molar-refractivity contribution in [1.29, 1.82) is 0 Å². The molecule has 0 saturated carbocycles. The number of anilines is 1. The Morgan fingerprint density at radius 3 is 2.71 bits per heavy atom. The first-order valence-corrected chi connectivity index (χ1v) is 6.24. The normalized spacial score (nSPS) is 26.9. The zero-order valence-electron chi connectivity index (χ0n) is 10.6. The first kappa shape index (κ1) is 12.4. The summed E-state index contributed by atoms with van der Waals surface area (Å²) >= 11 is 0. The smallest absolute Gasteiger partial charge is 0.0794 e. The number of aliphatic hydroxyl groups is 2. The molecule has 0 amide bonds. The number of rotatable bonds is 2. The predicted molar refractivity (Wildman–Crippen MR) is 69.1 cm³/mol. The molecule has 1 aliphatic heterocycles. The van der Waals surface area contributed by atoms with Gasteiger partial charge in [0.25, 0.3) is 0 Å². The zero-order chi connectivity index (χ0) is 12.5. The van der Waals surface area contributed by atoms with Crippen LogP contribution in [0.15, 0.2) is 24.3 Å².